The number of hydrogen-bond donors (Lipinski definition) is 0. The third-order valence-corrected chi connectivity index (χ3v) is 3.42. The van der Waals surface area contributed by atoms with Crippen LogP contribution in [0.15, 0.2) is 36.8 Å². The van der Waals surface area contributed by atoms with Gasteiger partial charge in [0.05, 0.1) is 11.6 Å². The minimum absolute atomic E-state index is 0.777. The second-order valence-electron chi connectivity index (χ2n) is 4.84. The van der Waals surface area contributed by atoms with Crippen LogP contribution < -0.4 is 0 Å². The Morgan fingerprint density at radius 2 is 2.00 bits per heavy atom. The molecule has 0 saturated carbocycles. The topological polar surface area (TPSA) is 60.9 Å². The molecule has 0 N–H and O–H groups in total. The van der Waals surface area contributed by atoms with E-state index in [0.717, 1.165) is 28.1 Å². The van der Waals surface area contributed by atoms with Gasteiger partial charge in [0, 0.05) is 12.6 Å². The largest absolute Gasteiger partial charge is 0.265 e. The highest BCUT2D eigenvalue weighted by Gasteiger charge is 2.13. The first-order valence-electron chi connectivity index (χ1n) is 6.32. The van der Waals surface area contributed by atoms with Crippen molar-refractivity contribution in [1.82, 2.24) is 29.4 Å². The Labute approximate surface area is 114 Å². The van der Waals surface area contributed by atoms with Crippen molar-refractivity contribution in [2.24, 2.45) is 7.05 Å². The van der Waals surface area contributed by atoms with E-state index in [1.54, 1.807) is 17.2 Å². The number of rotatable bonds is 1. The number of hydrogen-bond acceptors (Lipinski definition) is 4. The maximum Gasteiger partial charge on any atom is 0.175 e. The van der Waals surface area contributed by atoms with Crippen LogP contribution in [0.3, 0.4) is 0 Å². The van der Waals surface area contributed by atoms with Crippen molar-refractivity contribution >= 4 is 16.7 Å². The summed E-state index contributed by atoms with van der Waals surface area (Å²) in [5.74, 6) is 0.793. The summed E-state index contributed by atoms with van der Waals surface area (Å²) in [6, 6.07) is 8.19. The highest BCUT2D eigenvalue weighted by molar-refractivity contribution is 5.89. The molecule has 20 heavy (non-hydrogen) atoms. The van der Waals surface area contributed by atoms with Crippen LogP contribution in [0.1, 0.15) is 5.56 Å². The molecule has 0 saturated heterocycles. The van der Waals surface area contributed by atoms with Crippen LogP contribution in [-0.4, -0.2) is 29.4 Å². The van der Waals surface area contributed by atoms with Gasteiger partial charge in [0.2, 0.25) is 0 Å². The predicted octanol–water partition coefficient (Wildman–Crippen LogP) is 1.99. The molecule has 0 radical (unpaired) electrons. The molecule has 0 aliphatic carbocycles. The molecule has 1 aromatic carbocycles. The van der Waals surface area contributed by atoms with E-state index < -0.39 is 0 Å². The van der Waals surface area contributed by atoms with Crippen LogP contribution in [-0.2, 0) is 7.05 Å². The molecule has 3 heterocycles. The van der Waals surface area contributed by atoms with Gasteiger partial charge in [-0.1, -0.05) is 23.8 Å². The summed E-state index contributed by atoms with van der Waals surface area (Å²) in [4.78, 5) is 4.43. The summed E-state index contributed by atoms with van der Waals surface area (Å²) in [5, 5.41) is 13.7. The van der Waals surface area contributed by atoms with Gasteiger partial charge in [0.1, 0.15) is 6.33 Å². The molecule has 0 aliphatic heterocycles. The zero-order chi connectivity index (χ0) is 13.7. The second kappa shape index (κ2) is 3.86. The van der Waals surface area contributed by atoms with Gasteiger partial charge < -0.3 is 0 Å². The van der Waals surface area contributed by atoms with Gasteiger partial charge in [-0.15, -0.1) is 10.2 Å². The van der Waals surface area contributed by atoms with E-state index in [1.165, 1.54) is 5.56 Å². The normalized spacial score (nSPS) is 11.5. The zero-order valence-corrected chi connectivity index (χ0v) is 11.1. The van der Waals surface area contributed by atoms with Crippen molar-refractivity contribution < 1.29 is 0 Å². The van der Waals surface area contributed by atoms with Crippen molar-refractivity contribution in [1.29, 1.82) is 0 Å². The van der Waals surface area contributed by atoms with Crippen LogP contribution >= 0.6 is 0 Å². The average Bonchev–Trinajstić information content (AvgIpc) is 3.02. The van der Waals surface area contributed by atoms with Crippen molar-refractivity contribution in [2.75, 3.05) is 0 Å². The van der Waals surface area contributed by atoms with E-state index in [-0.39, 0.29) is 0 Å². The Morgan fingerprint density at radius 3 is 2.85 bits per heavy atom. The fourth-order valence-corrected chi connectivity index (χ4v) is 2.42. The minimum atomic E-state index is 0.777. The third-order valence-electron chi connectivity index (χ3n) is 3.42. The fraction of sp³-hybridized carbons (Fsp3) is 0.143. The number of nitrogens with zero attached hydrogens (tertiary/aromatic N) is 6. The molecule has 6 heteroatoms. The van der Waals surface area contributed by atoms with Crippen LogP contribution in [0.5, 0.6) is 0 Å². The summed E-state index contributed by atoms with van der Waals surface area (Å²) in [5.41, 5.74) is 3.80. The molecule has 0 amide bonds. The number of benzene rings is 1. The van der Waals surface area contributed by atoms with E-state index in [0.29, 0.717) is 0 Å². The van der Waals surface area contributed by atoms with Crippen molar-refractivity contribution in [3.05, 3.63) is 42.4 Å². The Balaban J connectivity index is 2.05. The fourth-order valence-electron chi connectivity index (χ4n) is 2.42. The van der Waals surface area contributed by atoms with Crippen LogP contribution in [0.4, 0.5) is 0 Å². The van der Waals surface area contributed by atoms with E-state index in [1.807, 2.05) is 23.6 Å². The third kappa shape index (κ3) is 1.45. The molecule has 0 spiro atoms. The highest BCUT2D eigenvalue weighted by Crippen LogP contribution is 2.22. The summed E-state index contributed by atoms with van der Waals surface area (Å²) in [6.07, 6.45) is 3.52. The molecular formula is C14H12N6. The van der Waals surface area contributed by atoms with Crippen molar-refractivity contribution in [2.45, 2.75) is 6.92 Å². The maximum absolute atomic E-state index is 4.43. The molecule has 3 aromatic heterocycles. The lowest BCUT2D eigenvalue weighted by molar-refractivity contribution is 0.785. The quantitative estimate of drug-likeness (QED) is 0.527. The number of aromatic nitrogens is 6. The number of fused-ring (bicyclic) bond motifs is 3. The molecule has 4 aromatic rings. The van der Waals surface area contributed by atoms with Crippen LogP contribution in [0.25, 0.3) is 28.1 Å². The molecule has 0 atom stereocenters. The minimum Gasteiger partial charge on any atom is -0.265 e. The Kier molecular flexibility index (Phi) is 2.14. The van der Waals surface area contributed by atoms with Crippen LogP contribution in [0.2, 0.25) is 0 Å². The SMILES string of the molecule is Cc1cccc(-c2nnc3c4cnn(C)c4ncn23)c1. The first kappa shape index (κ1) is 11.1. The van der Waals surface area contributed by atoms with E-state index >= 15 is 0 Å². The lowest BCUT2D eigenvalue weighted by Crippen LogP contribution is -1.95. The molecule has 4 rings (SSSR count). The molecule has 0 bridgehead atoms. The second-order valence-corrected chi connectivity index (χ2v) is 4.84. The lowest BCUT2D eigenvalue weighted by Gasteiger charge is -2.01. The van der Waals surface area contributed by atoms with Crippen LogP contribution in [0, 0.1) is 6.92 Å². The number of aryl methyl sites for hydroxylation is 2. The van der Waals surface area contributed by atoms with Gasteiger partial charge >= 0.3 is 0 Å². The zero-order valence-electron chi connectivity index (χ0n) is 11.1. The van der Waals surface area contributed by atoms with Gasteiger partial charge in [-0.25, -0.2) is 4.98 Å². The van der Waals surface area contributed by atoms with Gasteiger partial charge in [0.25, 0.3) is 0 Å². The van der Waals surface area contributed by atoms with Crippen molar-refractivity contribution in [3.8, 4) is 11.4 Å². The monoisotopic (exact) mass is 264 g/mol. The molecule has 6 nitrogen and oxygen atoms in total. The summed E-state index contributed by atoms with van der Waals surface area (Å²) < 4.78 is 3.63. The molecule has 98 valence electrons. The standard InChI is InChI=1S/C14H12N6/c1-9-4-3-5-10(6-9)12-17-18-14-11-7-16-19(2)13(11)15-8-20(12)14/h3-8H,1-2H3. The highest BCUT2D eigenvalue weighted by atomic mass is 15.3. The Bertz CT molecular complexity index is 933. The first-order chi connectivity index (χ1) is 9.74. The Morgan fingerprint density at radius 1 is 1.10 bits per heavy atom. The molecule has 0 aliphatic rings. The van der Waals surface area contributed by atoms with E-state index in [9.17, 15) is 0 Å². The molecular weight excluding hydrogens is 252 g/mol. The maximum atomic E-state index is 4.43. The smallest absolute Gasteiger partial charge is 0.175 e. The summed E-state index contributed by atoms with van der Waals surface area (Å²) >= 11 is 0. The average molecular weight is 264 g/mol. The molecule has 0 unspecified atom stereocenters. The van der Waals surface area contributed by atoms with Gasteiger partial charge in [-0.2, -0.15) is 5.10 Å². The predicted molar refractivity (Wildman–Crippen MR) is 75.2 cm³/mol. The van der Waals surface area contributed by atoms with Gasteiger partial charge in [0.15, 0.2) is 17.1 Å². The Hall–Kier alpha value is -2.76. The van der Waals surface area contributed by atoms with E-state index in [4.69, 9.17) is 0 Å². The van der Waals surface area contributed by atoms with Crippen molar-refractivity contribution in [3.63, 3.8) is 0 Å². The van der Waals surface area contributed by atoms with Gasteiger partial charge in [-0.05, 0) is 13.0 Å². The van der Waals surface area contributed by atoms with Gasteiger partial charge in [-0.3, -0.25) is 9.08 Å². The lowest BCUT2D eigenvalue weighted by atomic mass is 10.1. The summed E-state index contributed by atoms with van der Waals surface area (Å²) in [6.45, 7) is 2.06. The first-order valence-corrected chi connectivity index (χ1v) is 6.32. The summed E-state index contributed by atoms with van der Waals surface area (Å²) in [7, 11) is 1.86. The molecule has 0 fully saturated rings. The van der Waals surface area contributed by atoms with E-state index in [2.05, 4.69) is 39.3 Å².